The lowest BCUT2D eigenvalue weighted by molar-refractivity contribution is -0.764. The van der Waals surface area contributed by atoms with Gasteiger partial charge in [-0.05, 0) is 30.5 Å². The minimum atomic E-state index is -0.778. The molecule has 2 aromatic carbocycles. The minimum absolute atomic E-state index is 0.0680. The lowest BCUT2D eigenvalue weighted by Gasteiger charge is -2.32. The van der Waals surface area contributed by atoms with E-state index in [1.54, 1.807) is 42.7 Å². The van der Waals surface area contributed by atoms with Crippen LogP contribution in [0.4, 0.5) is 11.4 Å². The number of para-hydroxylation sites is 1. The van der Waals surface area contributed by atoms with Crippen LogP contribution in [0.15, 0.2) is 53.7 Å². The Hall–Kier alpha value is -3.53. The number of non-ortho nitro benzene ring substituents is 1. The summed E-state index contributed by atoms with van der Waals surface area (Å²) in [6, 6.07) is 12.9. The number of nitro benzene ring substituents is 1. The van der Waals surface area contributed by atoms with Crippen molar-refractivity contribution in [1.29, 1.82) is 0 Å². The molecule has 0 saturated heterocycles. The van der Waals surface area contributed by atoms with Crippen LogP contribution < -0.4 is 14.7 Å². The number of thioether (sulfide) groups is 1. The Morgan fingerprint density at radius 1 is 1.21 bits per heavy atom. The number of nitro groups is 1. The number of carbonyl (C=O) groups excluding carboxylic acids is 1. The standard InChI is InChI=1S/C19H15N5O4S/c1-11(25)22-15-6-4-3-5-14(15)16-17(26)20-19(29-2)21-23(16)18(22)12-7-9-13(10-8-12)24(27)28/h3-10,18H,1-2H3. The molecule has 9 nitrogen and oxygen atoms in total. The molecule has 0 spiro atoms. The van der Waals surface area contributed by atoms with Crippen LogP contribution in [-0.2, 0) is 4.79 Å². The molecule has 29 heavy (non-hydrogen) atoms. The molecule has 4 rings (SSSR count). The molecule has 146 valence electrons. The summed E-state index contributed by atoms with van der Waals surface area (Å²) >= 11 is 1.21. The Morgan fingerprint density at radius 2 is 1.90 bits per heavy atom. The largest absolute Gasteiger partial charge is 0.854 e. The van der Waals surface area contributed by atoms with Crippen LogP contribution in [0.3, 0.4) is 0 Å². The lowest BCUT2D eigenvalue weighted by Crippen LogP contribution is -2.58. The second kappa shape index (κ2) is 7.13. The van der Waals surface area contributed by atoms with Crippen molar-refractivity contribution in [3.05, 3.63) is 64.2 Å². The van der Waals surface area contributed by atoms with Gasteiger partial charge in [0.05, 0.1) is 22.1 Å². The topological polar surface area (TPSA) is 116 Å². The van der Waals surface area contributed by atoms with Gasteiger partial charge in [0.25, 0.3) is 22.7 Å². The number of aromatic nitrogens is 3. The Morgan fingerprint density at radius 3 is 2.52 bits per heavy atom. The minimum Gasteiger partial charge on any atom is -0.854 e. The molecule has 0 N–H and O–H groups in total. The molecule has 10 heteroatoms. The third-order valence-electron chi connectivity index (χ3n) is 4.64. The zero-order valence-corrected chi connectivity index (χ0v) is 16.3. The summed E-state index contributed by atoms with van der Waals surface area (Å²) in [7, 11) is 0. The SMILES string of the molecule is CSc1nc([O-])c2[n+](n1)C(c1ccc([N+](=O)[O-])cc1)N(C(C)=O)c1ccccc1-2. The quantitative estimate of drug-likeness (QED) is 0.281. The molecule has 1 amide bonds. The number of nitrogens with zero attached hydrogens (tertiary/aromatic N) is 5. The second-order valence-corrected chi connectivity index (χ2v) is 7.10. The van der Waals surface area contributed by atoms with Crippen molar-refractivity contribution >= 4 is 29.0 Å². The number of rotatable bonds is 3. The summed E-state index contributed by atoms with van der Waals surface area (Å²) in [5.74, 6) is -0.706. The Balaban J connectivity index is 2.02. The first kappa shape index (κ1) is 18.8. The summed E-state index contributed by atoms with van der Waals surface area (Å²) in [4.78, 5) is 28.7. The number of carbonyl (C=O) groups is 1. The molecule has 0 fully saturated rings. The van der Waals surface area contributed by atoms with Gasteiger partial charge in [-0.25, -0.2) is 9.88 Å². The smallest absolute Gasteiger partial charge is 0.293 e. The highest BCUT2D eigenvalue weighted by Gasteiger charge is 2.43. The van der Waals surface area contributed by atoms with Crippen LogP contribution in [0.1, 0.15) is 18.7 Å². The number of amides is 1. The van der Waals surface area contributed by atoms with E-state index >= 15 is 0 Å². The van der Waals surface area contributed by atoms with Crippen LogP contribution in [0.5, 0.6) is 5.88 Å². The first-order chi connectivity index (χ1) is 13.9. The Kier molecular flexibility index (Phi) is 4.63. The van der Waals surface area contributed by atoms with Crippen molar-refractivity contribution in [1.82, 2.24) is 10.1 Å². The molecule has 0 aliphatic carbocycles. The molecule has 2 heterocycles. The maximum Gasteiger partial charge on any atom is 0.293 e. The average molecular weight is 409 g/mol. The van der Waals surface area contributed by atoms with E-state index in [0.717, 1.165) is 0 Å². The maximum atomic E-state index is 12.8. The van der Waals surface area contributed by atoms with Gasteiger partial charge in [-0.2, -0.15) is 0 Å². The van der Waals surface area contributed by atoms with Crippen LogP contribution >= 0.6 is 11.8 Å². The van der Waals surface area contributed by atoms with E-state index in [2.05, 4.69) is 10.1 Å². The number of benzene rings is 2. The van der Waals surface area contributed by atoms with E-state index in [9.17, 15) is 20.0 Å². The normalized spacial score (nSPS) is 14.8. The van der Waals surface area contributed by atoms with Gasteiger partial charge in [0.15, 0.2) is 0 Å². The van der Waals surface area contributed by atoms with Crippen molar-refractivity contribution in [2.24, 2.45) is 0 Å². The van der Waals surface area contributed by atoms with Gasteiger partial charge in [0, 0.05) is 29.7 Å². The van der Waals surface area contributed by atoms with E-state index in [0.29, 0.717) is 16.8 Å². The van der Waals surface area contributed by atoms with Gasteiger partial charge in [-0.3, -0.25) is 14.9 Å². The molecule has 0 radical (unpaired) electrons. The van der Waals surface area contributed by atoms with Crippen LogP contribution in [0.2, 0.25) is 0 Å². The molecule has 1 aliphatic heterocycles. The van der Waals surface area contributed by atoms with Gasteiger partial charge < -0.3 is 5.11 Å². The summed E-state index contributed by atoms with van der Waals surface area (Å²) in [6.45, 7) is 1.43. The highest BCUT2D eigenvalue weighted by Crippen LogP contribution is 2.40. The number of fused-ring (bicyclic) bond motifs is 3. The molecular weight excluding hydrogens is 394 g/mol. The number of anilines is 1. The average Bonchev–Trinajstić information content (AvgIpc) is 2.72. The fraction of sp³-hybridized carbons (Fsp3) is 0.158. The van der Waals surface area contributed by atoms with Crippen LogP contribution in [0.25, 0.3) is 11.3 Å². The second-order valence-electron chi connectivity index (χ2n) is 6.33. The van der Waals surface area contributed by atoms with Crippen LogP contribution in [0, 0.1) is 10.1 Å². The summed E-state index contributed by atoms with van der Waals surface area (Å²) in [6.07, 6.45) is 0.974. The third kappa shape index (κ3) is 3.07. The van der Waals surface area contributed by atoms with E-state index in [4.69, 9.17) is 0 Å². The summed E-state index contributed by atoms with van der Waals surface area (Å²) in [5.41, 5.74) is 1.89. The molecule has 0 bridgehead atoms. The number of hydrogen-bond donors (Lipinski definition) is 0. The van der Waals surface area contributed by atoms with Crippen molar-refractivity contribution in [2.45, 2.75) is 18.2 Å². The fourth-order valence-electron chi connectivity index (χ4n) is 3.43. The van der Waals surface area contributed by atoms with Crippen LogP contribution in [-0.4, -0.2) is 27.2 Å². The van der Waals surface area contributed by atoms with Gasteiger partial charge in [-0.15, -0.1) is 0 Å². The molecule has 1 atom stereocenters. The molecule has 1 aliphatic rings. The molecule has 3 aromatic rings. The fourth-order valence-corrected chi connectivity index (χ4v) is 3.77. The zero-order chi connectivity index (χ0) is 20.7. The summed E-state index contributed by atoms with van der Waals surface area (Å²) < 4.78 is 1.48. The third-order valence-corrected chi connectivity index (χ3v) is 5.18. The predicted molar refractivity (Wildman–Crippen MR) is 103 cm³/mol. The monoisotopic (exact) mass is 409 g/mol. The predicted octanol–water partition coefficient (Wildman–Crippen LogP) is 2.05. The van der Waals surface area contributed by atoms with E-state index < -0.39 is 17.0 Å². The maximum absolute atomic E-state index is 12.8. The van der Waals surface area contributed by atoms with E-state index in [-0.39, 0.29) is 22.4 Å². The molecule has 1 unspecified atom stereocenters. The molecule has 0 saturated carbocycles. The van der Waals surface area contributed by atoms with Gasteiger partial charge in [0.2, 0.25) is 5.91 Å². The lowest BCUT2D eigenvalue weighted by atomic mass is 10.0. The van der Waals surface area contributed by atoms with Crippen molar-refractivity contribution in [3.8, 4) is 17.1 Å². The van der Waals surface area contributed by atoms with E-state index in [1.807, 2.05) is 0 Å². The van der Waals surface area contributed by atoms with Crippen molar-refractivity contribution in [2.75, 3.05) is 11.2 Å². The first-order valence-electron chi connectivity index (χ1n) is 8.60. The summed E-state index contributed by atoms with van der Waals surface area (Å²) in [5, 5.41) is 28.6. The molecular formula is C19H15N5O4S. The highest BCUT2D eigenvalue weighted by molar-refractivity contribution is 7.98. The Bertz CT molecular complexity index is 1140. The Labute approximate surface area is 169 Å². The van der Waals surface area contributed by atoms with Gasteiger partial charge in [0.1, 0.15) is 0 Å². The first-order valence-corrected chi connectivity index (χ1v) is 9.83. The van der Waals surface area contributed by atoms with E-state index in [1.165, 1.54) is 40.4 Å². The highest BCUT2D eigenvalue weighted by atomic mass is 32.2. The zero-order valence-electron chi connectivity index (χ0n) is 15.5. The van der Waals surface area contributed by atoms with Crippen molar-refractivity contribution < 1.29 is 19.5 Å². The van der Waals surface area contributed by atoms with Crippen molar-refractivity contribution in [3.63, 3.8) is 0 Å². The van der Waals surface area contributed by atoms with Gasteiger partial charge in [-0.1, -0.05) is 28.6 Å². The molecule has 1 aromatic heterocycles. The van der Waals surface area contributed by atoms with Gasteiger partial charge >= 0.3 is 0 Å². The number of hydrogen-bond acceptors (Lipinski definition) is 7.